The Kier molecular flexibility index (Phi) is 31.1. The van der Waals surface area contributed by atoms with Gasteiger partial charge in [0.15, 0.2) is 0 Å². The number of nitrogens with two attached hydrogens (primary N) is 3. The summed E-state index contributed by atoms with van der Waals surface area (Å²) in [7, 11) is 0. The monoisotopic (exact) mass is 284 g/mol. The van der Waals surface area contributed by atoms with Crippen LogP contribution in [0.5, 0.6) is 0 Å². The second kappa shape index (κ2) is 17.6. The quantitative estimate of drug-likeness (QED) is 0.297. The van der Waals surface area contributed by atoms with E-state index in [1.807, 2.05) is 0 Å². The third kappa shape index (κ3) is 6320. The van der Waals surface area contributed by atoms with Crippen molar-refractivity contribution in [1.82, 2.24) is 0 Å². The summed E-state index contributed by atoms with van der Waals surface area (Å²) in [6.07, 6.45) is 0. The Morgan fingerprint density at radius 1 is 0.692 bits per heavy atom. The van der Waals surface area contributed by atoms with Crippen molar-refractivity contribution in [3.05, 3.63) is 0 Å². The van der Waals surface area contributed by atoms with Crippen LogP contribution in [-0.4, -0.2) is 15.5 Å². The van der Waals surface area contributed by atoms with E-state index in [4.69, 9.17) is 15.3 Å². The molecular formula is C3H6FeN3O3S3. The fourth-order valence-electron chi connectivity index (χ4n) is 0. The molecule has 0 rings (SSSR count). The third-order valence-electron chi connectivity index (χ3n) is 0. The minimum absolute atomic E-state index is 0. The molecule has 13 heavy (non-hydrogen) atoms. The molecule has 0 bridgehead atoms. The normalized spacial score (nSPS) is 5.54. The molecular weight excluding hydrogens is 278 g/mol. The summed E-state index contributed by atoms with van der Waals surface area (Å²) < 4.78 is 0. The van der Waals surface area contributed by atoms with Crippen molar-refractivity contribution in [3.63, 3.8) is 0 Å². The van der Waals surface area contributed by atoms with Gasteiger partial charge in [-0.2, -0.15) is 0 Å². The first-order valence-corrected chi connectivity index (χ1v) is 3.32. The molecule has 1 radical (unpaired) electrons. The smallest absolute Gasteiger partial charge is 0.852 e. The van der Waals surface area contributed by atoms with Crippen LogP contribution >= 0.6 is 36.7 Å². The van der Waals surface area contributed by atoms with Gasteiger partial charge < -0.3 is 32.5 Å². The Labute approximate surface area is 102 Å². The van der Waals surface area contributed by atoms with E-state index in [-0.39, 0.29) is 17.1 Å². The number of hydrogen-bond donors (Lipinski definition) is 3. The van der Waals surface area contributed by atoms with E-state index in [0.29, 0.717) is 0 Å². The van der Waals surface area contributed by atoms with E-state index in [1.165, 1.54) is 0 Å². The largest absolute Gasteiger partial charge is 3.00 e. The Morgan fingerprint density at radius 3 is 0.692 bits per heavy atom. The van der Waals surface area contributed by atoms with Gasteiger partial charge in [0.2, 0.25) is 0 Å². The van der Waals surface area contributed by atoms with Crippen LogP contribution < -0.4 is 32.5 Å². The predicted octanol–water partition coefficient (Wildman–Crippen LogP) is -4.23. The van der Waals surface area contributed by atoms with Crippen LogP contribution in [0.1, 0.15) is 0 Å². The SMILES string of the molecule is NC([O-])=S.NC([O-])=S.NC([O-])=S.[Fe+3]. The fraction of sp³-hybridized carbons (Fsp3) is 0. The van der Waals surface area contributed by atoms with E-state index in [2.05, 4.69) is 53.9 Å². The summed E-state index contributed by atoms with van der Waals surface area (Å²) in [4.78, 5) is 0. The van der Waals surface area contributed by atoms with Crippen LogP contribution in [0.2, 0.25) is 0 Å². The van der Waals surface area contributed by atoms with Crippen LogP contribution in [0, 0.1) is 0 Å². The van der Waals surface area contributed by atoms with E-state index in [1.54, 1.807) is 0 Å². The van der Waals surface area contributed by atoms with Crippen molar-refractivity contribution in [2.75, 3.05) is 0 Å². The molecule has 0 heterocycles. The van der Waals surface area contributed by atoms with Crippen molar-refractivity contribution >= 4 is 52.2 Å². The van der Waals surface area contributed by atoms with Gasteiger partial charge in [-0.15, -0.1) is 0 Å². The third-order valence-corrected chi connectivity index (χ3v) is 0. The Morgan fingerprint density at radius 2 is 0.692 bits per heavy atom. The summed E-state index contributed by atoms with van der Waals surface area (Å²) in [5.41, 5.74) is 12.9. The summed E-state index contributed by atoms with van der Waals surface area (Å²) in [5, 5.41) is 24.9. The number of thiocarbonyl (C=S) groups is 3. The minimum Gasteiger partial charge on any atom is -0.852 e. The van der Waals surface area contributed by atoms with Crippen molar-refractivity contribution in [2.45, 2.75) is 0 Å². The Hall–Kier alpha value is -0.411. The van der Waals surface area contributed by atoms with E-state index in [0.717, 1.165) is 0 Å². The van der Waals surface area contributed by atoms with Gasteiger partial charge in [-0.1, -0.05) is 36.7 Å². The molecule has 0 spiro atoms. The first kappa shape index (κ1) is 22.9. The molecule has 0 atom stereocenters. The topological polar surface area (TPSA) is 147 Å². The zero-order valence-corrected chi connectivity index (χ0v) is 9.59. The van der Waals surface area contributed by atoms with E-state index < -0.39 is 15.5 Å². The first-order chi connectivity index (χ1) is 5.20. The standard InChI is InChI=1S/3CH3NOS.Fe/c3*2-1(3)4;/h3*(H3,2,3,4);/q;;;+3/p-3. The van der Waals surface area contributed by atoms with E-state index >= 15 is 0 Å². The van der Waals surface area contributed by atoms with Gasteiger partial charge in [0.05, 0.1) is 0 Å². The average Bonchev–Trinajstić information content (AvgIpc) is 1.54. The molecule has 0 amide bonds. The molecule has 0 saturated carbocycles. The molecule has 6 N–H and O–H groups in total. The van der Waals surface area contributed by atoms with Crippen LogP contribution in [-0.2, 0) is 17.1 Å². The zero-order valence-electron chi connectivity index (χ0n) is 6.04. The Bertz CT molecular complexity index is 127. The molecule has 0 aromatic rings. The van der Waals surface area contributed by atoms with Crippen LogP contribution in [0.3, 0.4) is 0 Å². The molecule has 0 saturated heterocycles. The molecule has 0 unspecified atom stereocenters. The molecule has 0 aliphatic carbocycles. The predicted molar refractivity (Wildman–Crippen MR) is 50.4 cm³/mol. The second-order valence-corrected chi connectivity index (χ2v) is 2.16. The molecule has 10 heteroatoms. The number of hydrogen-bond acceptors (Lipinski definition) is 6. The molecule has 0 aliphatic heterocycles. The molecule has 0 aromatic heterocycles. The molecule has 77 valence electrons. The van der Waals surface area contributed by atoms with Gasteiger partial charge in [0, 0.05) is 15.5 Å². The number of rotatable bonds is 0. The maximum atomic E-state index is 9.04. The molecule has 6 nitrogen and oxygen atoms in total. The maximum Gasteiger partial charge on any atom is 3.00 e. The average molecular weight is 284 g/mol. The first-order valence-electron chi connectivity index (χ1n) is 2.09. The van der Waals surface area contributed by atoms with Crippen LogP contribution in [0.4, 0.5) is 0 Å². The zero-order chi connectivity index (χ0) is 10.7. The fourth-order valence-corrected chi connectivity index (χ4v) is 0. The van der Waals surface area contributed by atoms with Gasteiger partial charge in [-0.3, -0.25) is 0 Å². The molecule has 0 aliphatic rings. The minimum atomic E-state index is -0.750. The summed E-state index contributed by atoms with van der Waals surface area (Å²) in [6, 6.07) is 0. The maximum absolute atomic E-state index is 9.04. The van der Waals surface area contributed by atoms with Gasteiger partial charge in [0.25, 0.3) is 0 Å². The molecule has 0 aromatic carbocycles. The van der Waals surface area contributed by atoms with Crippen LogP contribution in [0.25, 0.3) is 0 Å². The van der Waals surface area contributed by atoms with Crippen molar-refractivity contribution in [1.29, 1.82) is 0 Å². The van der Waals surface area contributed by atoms with Crippen molar-refractivity contribution < 1.29 is 32.4 Å². The Balaban J connectivity index is -0.0000000450. The van der Waals surface area contributed by atoms with Gasteiger partial charge in [0.1, 0.15) is 0 Å². The molecule has 0 fully saturated rings. The van der Waals surface area contributed by atoms with Crippen LogP contribution in [0.15, 0.2) is 0 Å². The second-order valence-electron chi connectivity index (χ2n) is 0.957. The van der Waals surface area contributed by atoms with Crippen molar-refractivity contribution in [2.24, 2.45) is 17.2 Å². The van der Waals surface area contributed by atoms with Gasteiger partial charge in [-0.25, -0.2) is 0 Å². The van der Waals surface area contributed by atoms with E-state index in [9.17, 15) is 0 Å². The summed E-state index contributed by atoms with van der Waals surface area (Å²) in [6.45, 7) is 0. The van der Waals surface area contributed by atoms with Gasteiger partial charge in [-0.05, 0) is 0 Å². The van der Waals surface area contributed by atoms with Crippen molar-refractivity contribution in [3.8, 4) is 0 Å². The van der Waals surface area contributed by atoms with Gasteiger partial charge >= 0.3 is 17.1 Å². The summed E-state index contributed by atoms with van der Waals surface area (Å²) in [5.74, 6) is 0. The summed E-state index contributed by atoms with van der Waals surface area (Å²) >= 11 is 11.3.